The first-order valence-corrected chi connectivity index (χ1v) is 6.72. The average molecular weight is 296 g/mol. The molecule has 0 aliphatic heterocycles. The summed E-state index contributed by atoms with van der Waals surface area (Å²) in [4.78, 5) is 16.0. The molecule has 0 radical (unpaired) electrons. The molecule has 0 aliphatic carbocycles. The first kappa shape index (κ1) is 14.0. The Morgan fingerprint density at radius 1 is 1.27 bits per heavy atom. The second kappa shape index (κ2) is 5.81. The number of carbonyl (C=O) groups is 1. The number of nitrogens with one attached hydrogen (secondary N) is 1. The van der Waals surface area contributed by atoms with Crippen LogP contribution in [0.3, 0.4) is 0 Å². The molecule has 0 saturated carbocycles. The molecule has 2 aromatic carbocycles. The van der Waals surface area contributed by atoms with E-state index in [0.29, 0.717) is 17.0 Å². The fourth-order valence-electron chi connectivity index (χ4n) is 2.00. The number of hydrogen-bond acceptors (Lipinski definition) is 3. The van der Waals surface area contributed by atoms with Gasteiger partial charge in [-0.2, -0.15) is 0 Å². The Balaban J connectivity index is 1.73. The lowest BCUT2D eigenvalue weighted by Gasteiger charge is -2.04. The molecule has 0 atom stereocenters. The van der Waals surface area contributed by atoms with Gasteiger partial charge in [-0.05, 0) is 36.8 Å². The number of para-hydroxylation sites is 2. The Hall–Kier alpha value is -2.95. The highest BCUT2D eigenvalue weighted by atomic mass is 19.1. The number of rotatable bonds is 3. The Labute approximate surface area is 126 Å². The zero-order chi connectivity index (χ0) is 15.5. The van der Waals surface area contributed by atoms with E-state index in [1.165, 1.54) is 24.3 Å². The largest absolute Gasteiger partial charge is 0.437 e. The third-order valence-electron chi connectivity index (χ3n) is 3.07. The number of hydrogen-bond donors (Lipinski definition) is 1. The van der Waals surface area contributed by atoms with Gasteiger partial charge in [0.25, 0.3) is 0 Å². The maximum absolute atomic E-state index is 13.6. The second-order valence-electron chi connectivity index (χ2n) is 4.83. The lowest BCUT2D eigenvalue weighted by atomic mass is 10.2. The minimum absolute atomic E-state index is 0.137. The highest BCUT2D eigenvalue weighted by Crippen LogP contribution is 2.17. The summed E-state index contributed by atoms with van der Waals surface area (Å²) in [5, 5.41) is 2.47. The van der Waals surface area contributed by atoms with E-state index in [1.807, 2.05) is 18.2 Å². The summed E-state index contributed by atoms with van der Waals surface area (Å²) >= 11 is 0. The molecule has 3 rings (SSSR count). The van der Waals surface area contributed by atoms with Crippen molar-refractivity contribution in [3.05, 3.63) is 65.8 Å². The Morgan fingerprint density at radius 3 is 2.86 bits per heavy atom. The van der Waals surface area contributed by atoms with Crippen LogP contribution in [0.1, 0.15) is 11.5 Å². The van der Waals surface area contributed by atoms with Crippen molar-refractivity contribution in [1.29, 1.82) is 0 Å². The predicted molar refractivity (Wildman–Crippen MR) is 82.8 cm³/mol. The number of carbonyl (C=O) groups excluding carboxylic acids is 1. The lowest BCUT2D eigenvalue weighted by Crippen LogP contribution is -2.09. The van der Waals surface area contributed by atoms with Gasteiger partial charge < -0.3 is 9.73 Å². The molecule has 0 saturated heterocycles. The summed E-state index contributed by atoms with van der Waals surface area (Å²) in [6.45, 7) is 1.78. The third kappa shape index (κ3) is 3.03. The van der Waals surface area contributed by atoms with Gasteiger partial charge in [-0.3, -0.25) is 4.79 Å². The molecule has 0 bridgehead atoms. The molecule has 3 aromatic rings. The number of oxazole rings is 1. The van der Waals surface area contributed by atoms with E-state index in [-0.39, 0.29) is 5.69 Å². The zero-order valence-electron chi connectivity index (χ0n) is 11.8. The van der Waals surface area contributed by atoms with E-state index in [4.69, 9.17) is 4.42 Å². The molecular weight excluding hydrogens is 283 g/mol. The monoisotopic (exact) mass is 296 g/mol. The van der Waals surface area contributed by atoms with Crippen molar-refractivity contribution in [2.45, 2.75) is 6.92 Å². The zero-order valence-corrected chi connectivity index (χ0v) is 11.8. The molecular formula is C17H13FN2O2. The van der Waals surface area contributed by atoms with Crippen molar-refractivity contribution in [3.8, 4) is 0 Å². The molecule has 1 heterocycles. The molecule has 1 N–H and O–H groups in total. The lowest BCUT2D eigenvalue weighted by molar-refractivity contribution is -0.111. The van der Waals surface area contributed by atoms with Gasteiger partial charge in [-0.1, -0.05) is 18.2 Å². The van der Waals surface area contributed by atoms with Crippen molar-refractivity contribution < 1.29 is 13.6 Å². The SMILES string of the molecule is Cc1ccc(NC(=O)/C=C/c2nc3ccccc3o2)c(F)c1. The first-order valence-electron chi connectivity index (χ1n) is 6.72. The van der Waals surface area contributed by atoms with Crippen LogP contribution in [-0.4, -0.2) is 10.9 Å². The summed E-state index contributed by atoms with van der Waals surface area (Å²) in [5.74, 6) is -0.602. The molecule has 1 aromatic heterocycles. The molecule has 110 valence electrons. The molecule has 1 amide bonds. The third-order valence-corrected chi connectivity index (χ3v) is 3.07. The van der Waals surface area contributed by atoms with E-state index in [9.17, 15) is 9.18 Å². The van der Waals surface area contributed by atoms with Crippen LogP contribution >= 0.6 is 0 Å². The van der Waals surface area contributed by atoms with Crippen molar-refractivity contribution in [2.24, 2.45) is 0 Å². The van der Waals surface area contributed by atoms with Crippen LogP contribution in [0.2, 0.25) is 0 Å². The van der Waals surface area contributed by atoms with Gasteiger partial charge in [-0.15, -0.1) is 0 Å². The van der Waals surface area contributed by atoms with E-state index < -0.39 is 11.7 Å². The van der Waals surface area contributed by atoms with Crippen molar-refractivity contribution in [2.75, 3.05) is 5.32 Å². The molecule has 0 fully saturated rings. The van der Waals surface area contributed by atoms with E-state index in [0.717, 1.165) is 5.56 Å². The first-order chi connectivity index (χ1) is 10.6. The molecule has 0 aliphatic rings. The van der Waals surface area contributed by atoms with Crippen LogP contribution < -0.4 is 5.32 Å². The highest BCUT2D eigenvalue weighted by molar-refractivity contribution is 6.01. The van der Waals surface area contributed by atoms with E-state index >= 15 is 0 Å². The molecule has 22 heavy (non-hydrogen) atoms. The number of anilines is 1. The minimum atomic E-state index is -0.469. The Bertz CT molecular complexity index is 835. The van der Waals surface area contributed by atoms with E-state index in [2.05, 4.69) is 10.3 Å². The molecule has 0 spiro atoms. The van der Waals surface area contributed by atoms with Crippen LogP contribution in [0.4, 0.5) is 10.1 Å². The highest BCUT2D eigenvalue weighted by Gasteiger charge is 2.06. The quantitative estimate of drug-likeness (QED) is 0.745. The van der Waals surface area contributed by atoms with Gasteiger partial charge in [-0.25, -0.2) is 9.37 Å². The van der Waals surface area contributed by atoms with Crippen molar-refractivity contribution in [1.82, 2.24) is 4.98 Å². The number of aromatic nitrogens is 1. The standard InChI is InChI=1S/C17H13FN2O2/c1-11-6-7-13(12(18)10-11)19-16(21)8-9-17-20-14-4-2-3-5-15(14)22-17/h2-10H,1H3,(H,19,21)/b9-8+. The van der Waals surface area contributed by atoms with Crippen LogP contribution in [0.5, 0.6) is 0 Å². The number of benzene rings is 2. The predicted octanol–water partition coefficient (Wildman–Crippen LogP) is 3.93. The number of amides is 1. The summed E-state index contributed by atoms with van der Waals surface area (Å²) < 4.78 is 19.1. The summed E-state index contributed by atoms with van der Waals surface area (Å²) in [5.41, 5.74) is 2.29. The fraction of sp³-hybridized carbons (Fsp3) is 0.0588. The van der Waals surface area contributed by atoms with Gasteiger partial charge >= 0.3 is 0 Å². The Morgan fingerprint density at radius 2 is 2.09 bits per heavy atom. The minimum Gasteiger partial charge on any atom is -0.437 e. The van der Waals surface area contributed by atoms with Crippen LogP contribution in [-0.2, 0) is 4.79 Å². The smallest absolute Gasteiger partial charge is 0.248 e. The number of halogens is 1. The molecule has 5 heteroatoms. The average Bonchev–Trinajstić information content (AvgIpc) is 2.91. The van der Waals surface area contributed by atoms with Gasteiger partial charge in [0, 0.05) is 12.2 Å². The van der Waals surface area contributed by atoms with Crippen LogP contribution in [0.15, 0.2) is 53.0 Å². The fourth-order valence-corrected chi connectivity index (χ4v) is 2.00. The topological polar surface area (TPSA) is 55.1 Å². The van der Waals surface area contributed by atoms with E-state index in [1.54, 1.807) is 19.1 Å². The summed E-state index contributed by atoms with van der Waals surface area (Å²) in [6, 6.07) is 11.9. The molecule has 0 unspecified atom stereocenters. The number of aryl methyl sites for hydroxylation is 1. The van der Waals surface area contributed by atoms with Gasteiger partial charge in [0.05, 0.1) is 5.69 Å². The van der Waals surface area contributed by atoms with Gasteiger partial charge in [0.1, 0.15) is 11.3 Å². The normalized spacial score (nSPS) is 11.2. The van der Waals surface area contributed by atoms with Gasteiger partial charge in [0.15, 0.2) is 5.58 Å². The molecule has 4 nitrogen and oxygen atoms in total. The maximum atomic E-state index is 13.6. The van der Waals surface area contributed by atoms with Crippen molar-refractivity contribution in [3.63, 3.8) is 0 Å². The maximum Gasteiger partial charge on any atom is 0.248 e. The Kier molecular flexibility index (Phi) is 3.70. The number of fused-ring (bicyclic) bond motifs is 1. The van der Waals surface area contributed by atoms with Crippen LogP contribution in [0.25, 0.3) is 17.2 Å². The summed E-state index contributed by atoms with van der Waals surface area (Å²) in [6.07, 6.45) is 2.70. The summed E-state index contributed by atoms with van der Waals surface area (Å²) in [7, 11) is 0. The number of nitrogens with zero attached hydrogens (tertiary/aromatic N) is 1. The second-order valence-corrected chi connectivity index (χ2v) is 4.83. The van der Waals surface area contributed by atoms with Crippen molar-refractivity contribution >= 4 is 28.8 Å². The van der Waals surface area contributed by atoms with Gasteiger partial charge in [0.2, 0.25) is 11.8 Å². The van der Waals surface area contributed by atoms with Crippen LogP contribution in [0, 0.1) is 12.7 Å².